The fraction of sp³-hybridized carbons (Fsp3) is 0.360. The van der Waals surface area contributed by atoms with Crippen molar-refractivity contribution in [2.45, 2.75) is 51.6 Å². The third kappa shape index (κ3) is 4.60. The molecule has 8 nitrogen and oxygen atoms in total. The maximum Gasteiger partial charge on any atom is 0.413 e. The minimum absolute atomic E-state index is 0.168. The number of amides is 1. The average Bonchev–Trinajstić information content (AvgIpc) is 3.52. The molecule has 3 aromatic rings. The third-order valence-electron chi connectivity index (χ3n) is 5.67. The van der Waals surface area contributed by atoms with Crippen molar-refractivity contribution in [3.63, 3.8) is 0 Å². The molecule has 0 radical (unpaired) electrons. The zero-order chi connectivity index (χ0) is 23.8. The van der Waals surface area contributed by atoms with Crippen LogP contribution in [-0.2, 0) is 19.7 Å². The highest BCUT2D eigenvalue weighted by atomic mass is 16.6. The van der Waals surface area contributed by atoms with Gasteiger partial charge in [-0.05, 0) is 69.4 Å². The lowest BCUT2D eigenvalue weighted by molar-refractivity contribution is -0.143. The van der Waals surface area contributed by atoms with Crippen molar-refractivity contribution in [1.29, 1.82) is 0 Å². The number of aryl methyl sites for hydroxylation is 1. The Morgan fingerprint density at radius 1 is 1.00 bits per heavy atom. The minimum atomic E-state index is -0.608. The Morgan fingerprint density at radius 3 is 2.09 bits per heavy atom. The molecule has 0 spiro atoms. The Kier molecular flexibility index (Phi) is 5.69. The molecule has 172 valence electrons. The topological polar surface area (TPSA) is 95.3 Å². The Bertz CT molecular complexity index is 1170. The van der Waals surface area contributed by atoms with E-state index in [2.05, 4.69) is 15.6 Å². The second-order valence-electron chi connectivity index (χ2n) is 9.26. The van der Waals surface area contributed by atoms with Crippen LogP contribution in [-0.4, -0.2) is 39.8 Å². The second kappa shape index (κ2) is 8.35. The summed E-state index contributed by atoms with van der Waals surface area (Å²) in [6.07, 6.45) is 1.08. The first-order chi connectivity index (χ1) is 15.6. The Labute approximate surface area is 192 Å². The van der Waals surface area contributed by atoms with Gasteiger partial charge in [0.1, 0.15) is 11.3 Å². The van der Waals surface area contributed by atoms with E-state index >= 15 is 0 Å². The lowest BCUT2D eigenvalue weighted by atomic mass is 9.94. The summed E-state index contributed by atoms with van der Waals surface area (Å²) in [4.78, 5) is 24.4. The van der Waals surface area contributed by atoms with Gasteiger partial charge in [-0.2, -0.15) is 4.68 Å². The third-order valence-corrected chi connectivity index (χ3v) is 5.67. The fourth-order valence-electron chi connectivity index (χ4n) is 3.79. The molecule has 0 unspecified atom stereocenters. The van der Waals surface area contributed by atoms with Gasteiger partial charge in [0.2, 0.25) is 0 Å². The van der Waals surface area contributed by atoms with Gasteiger partial charge in [-0.3, -0.25) is 10.1 Å². The highest BCUT2D eigenvalue weighted by Crippen LogP contribution is 2.49. The van der Waals surface area contributed by atoms with Crippen LogP contribution in [0.2, 0.25) is 0 Å². The molecule has 1 N–H and O–H groups in total. The maximum atomic E-state index is 12.2. The van der Waals surface area contributed by atoms with E-state index in [4.69, 9.17) is 9.47 Å². The van der Waals surface area contributed by atoms with Crippen LogP contribution in [0.4, 0.5) is 10.6 Å². The van der Waals surface area contributed by atoms with Gasteiger partial charge in [-0.15, -0.1) is 5.10 Å². The van der Waals surface area contributed by atoms with Crippen LogP contribution in [0.25, 0.3) is 16.8 Å². The quantitative estimate of drug-likeness (QED) is 0.564. The number of benzene rings is 2. The number of hydrogen-bond acceptors (Lipinski definition) is 6. The number of aromatic nitrogens is 3. The zero-order valence-electron chi connectivity index (χ0n) is 19.5. The smallest absolute Gasteiger partial charge is 0.413 e. The molecule has 1 saturated carbocycles. The predicted molar refractivity (Wildman–Crippen MR) is 124 cm³/mol. The first kappa shape index (κ1) is 22.5. The van der Waals surface area contributed by atoms with E-state index in [1.807, 2.05) is 48.5 Å². The molecule has 1 aliphatic carbocycles. The SMILES string of the molecule is COC(=O)C1(c2ccc(-c3ccc(-n4nnc(C)c4NC(=O)OC(C)(C)C)cc3)cc2)CC1. The number of nitrogens with one attached hydrogen (secondary N) is 1. The van der Waals surface area contributed by atoms with Crippen LogP contribution in [0, 0.1) is 6.92 Å². The summed E-state index contributed by atoms with van der Waals surface area (Å²) in [6.45, 7) is 7.19. The number of carbonyl (C=O) groups is 2. The molecule has 1 amide bonds. The van der Waals surface area contributed by atoms with Gasteiger partial charge in [0.25, 0.3) is 0 Å². The maximum absolute atomic E-state index is 12.2. The van der Waals surface area contributed by atoms with Gasteiger partial charge in [-0.1, -0.05) is 41.6 Å². The molecule has 4 rings (SSSR count). The summed E-state index contributed by atoms with van der Waals surface area (Å²) in [6, 6.07) is 15.8. The molecule has 0 aliphatic heterocycles. The summed E-state index contributed by atoms with van der Waals surface area (Å²) in [5.74, 6) is 0.289. The van der Waals surface area contributed by atoms with E-state index in [-0.39, 0.29) is 5.97 Å². The number of anilines is 1. The number of ether oxygens (including phenoxy) is 2. The summed E-state index contributed by atoms with van der Waals surface area (Å²) in [5.41, 5.74) is 3.30. The van der Waals surface area contributed by atoms with E-state index in [1.54, 1.807) is 32.4 Å². The summed E-state index contributed by atoms with van der Waals surface area (Å²) >= 11 is 0. The van der Waals surface area contributed by atoms with E-state index < -0.39 is 17.1 Å². The van der Waals surface area contributed by atoms with Crippen LogP contribution < -0.4 is 5.32 Å². The van der Waals surface area contributed by atoms with E-state index in [1.165, 1.54) is 7.11 Å². The van der Waals surface area contributed by atoms with Crippen molar-refractivity contribution in [3.8, 4) is 16.8 Å². The molecular weight excluding hydrogens is 420 g/mol. The van der Waals surface area contributed by atoms with Crippen LogP contribution in [0.1, 0.15) is 44.9 Å². The average molecular weight is 449 g/mol. The molecule has 0 saturated heterocycles. The van der Waals surface area contributed by atoms with Crippen molar-refractivity contribution in [1.82, 2.24) is 15.0 Å². The zero-order valence-corrected chi connectivity index (χ0v) is 19.5. The van der Waals surface area contributed by atoms with Gasteiger partial charge in [0, 0.05) is 0 Å². The Morgan fingerprint density at radius 2 is 1.58 bits per heavy atom. The second-order valence-corrected chi connectivity index (χ2v) is 9.26. The lowest BCUT2D eigenvalue weighted by Crippen LogP contribution is -2.28. The van der Waals surface area contributed by atoms with Crippen LogP contribution >= 0.6 is 0 Å². The van der Waals surface area contributed by atoms with Gasteiger partial charge in [0.05, 0.1) is 18.2 Å². The van der Waals surface area contributed by atoms with Crippen molar-refractivity contribution >= 4 is 17.9 Å². The van der Waals surface area contributed by atoms with Crippen molar-refractivity contribution in [2.75, 3.05) is 12.4 Å². The number of nitrogens with zero attached hydrogens (tertiary/aromatic N) is 3. The van der Waals surface area contributed by atoms with E-state index in [0.717, 1.165) is 35.2 Å². The minimum Gasteiger partial charge on any atom is -0.468 e. The highest BCUT2D eigenvalue weighted by Gasteiger charge is 2.52. The molecule has 2 aromatic carbocycles. The highest BCUT2D eigenvalue weighted by molar-refractivity contribution is 5.87. The number of methoxy groups -OCH3 is 1. The molecule has 1 fully saturated rings. The lowest BCUT2D eigenvalue weighted by Gasteiger charge is -2.20. The molecule has 0 bridgehead atoms. The van der Waals surface area contributed by atoms with Gasteiger partial charge in [-0.25, -0.2) is 4.79 Å². The summed E-state index contributed by atoms with van der Waals surface area (Å²) in [5, 5.41) is 11.0. The van der Waals surface area contributed by atoms with Crippen LogP contribution in [0.3, 0.4) is 0 Å². The fourth-order valence-corrected chi connectivity index (χ4v) is 3.79. The van der Waals surface area contributed by atoms with Gasteiger partial charge < -0.3 is 9.47 Å². The van der Waals surface area contributed by atoms with Crippen molar-refractivity contribution in [3.05, 3.63) is 59.8 Å². The molecule has 8 heteroatoms. The molecule has 1 heterocycles. The standard InChI is InChI=1S/C25H28N4O4/c1-16-21(26-23(31)33-24(2,3)4)29(28-27-16)20-12-8-18(9-13-20)17-6-10-19(11-7-17)25(14-15-25)22(30)32-5/h6-13H,14-15H2,1-5H3,(H,26,31). The first-order valence-electron chi connectivity index (χ1n) is 10.8. The Balaban J connectivity index is 1.53. The summed E-state index contributed by atoms with van der Waals surface area (Å²) < 4.78 is 11.9. The molecule has 1 aromatic heterocycles. The van der Waals surface area contributed by atoms with Crippen LogP contribution in [0.5, 0.6) is 0 Å². The normalized spacial score (nSPS) is 14.5. The molecule has 1 aliphatic rings. The van der Waals surface area contributed by atoms with E-state index in [9.17, 15) is 9.59 Å². The number of rotatable bonds is 5. The molecule has 0 atom stereocenters. The number of carbonyl (C=O) groups excluding carboxylic acids is 2. The van der Waals surface area contributed by atoms with Crippen molar-refractivity contribution in [2.24, 2.45) is 0 Å². The molecule has 33 heavy (non-hydrogen) atoms. The van der Waals surface area contributed by atoms with Gasteiger partial charge in [0.15, 0.2) is 5.82 Å². The number of esters is 1. The summed E-state index contributed by atoms with van der Waals surface area (Å²) in [7, 11) is 1.43. The monoisotopic (exact) mass is 448 g/mol. The van der Waals surface area contributed by atoms with E-state index in [0.29, 0.717) is 11.5 Å². The molecular formula is C25H28N4O4. The van der Waals surface area contributed by atoms with Crippen molar-refractivity contribution < 1.29 is 19.1 Å². The Hall–Kier alpha value is -3.68. The predicted octanol–water partition coefficient (Wildman–Crippen LogP) is 4.79. The van der Waals surface area contributed by atoms with Gasteiger partial charge >= 0.3 is 12.1 Å². The first-order valence-corrected chi connectivity index (χ1v) is 10.8. The van der Waals surface area contributed by atoms with Crippen LogP contribution in [0.15, 0.2) is 48.5 Å². The number of hydrogen-bond donors (Lipinski definition) is 1. The largest absolute Gasteiger partial charge is 0.468 e.